The van der Waals surface area contributed by atoms with Crippen molar-refractivity contribution in [1.29, 1.82) is 0 Å². The van der Waals surface area contributed by atoms with Gasteiger partial charge in [0.25, 0.3) is 0 Å². The van der Waals surface area contributed by atoms with Gasteiger partial charge in [-0.3, -0.25) is 9.89 Å². The molecule has 1 saturated heterocycles. The van der Waals surface area contributed by atoms with E-state index in [1.165, 1.54) is 18.4 Å². The lowest BCUT2D eigenvalue weighted by molar-refractivity contribution is 0.0698. The number of ether oxygens (including phenoxy) is 2. The van der Waals surface area contributed by atoms with Crippen LogP contribution in [0, 0.1) is 5.92 Å². The average molecular weight is 539 g/mol. The fourth-order valence-electron chi connectivity index (χ4n) is 3.76. The Morgan fingerprint density at radius 3 is 2.83 bits per heavy atom. The highest BCUT2D eigenvalue weighted by molar-refractivity contribution is 14.0. The zero-order chi connectivity index (χ0) is 20.2. The third-order valence-electron chi connectivity index (χ3n) is 5.14. The standard InChI is InChI=1S/C21H35ClN4O2.HI/c1-23-21(24-10-6-12-28-14-13-27-3)25-16-18-8-5-11-26(2)20(18)17-7-4-9-19(22)15-17;/h4,7,9,15,18,20H,5-6,8,10-14,16H2,1-3H3,(H2,23,24,25);1H. The van der Waals surface area contributed by atoms with Crippen molar-refractivity contribution in [3.8, 4) is 0 Å². The van der Waals surface area contributed by atoms with Gasteiger partial charge in [-0.05, 0) is 56.5 Å². The van der Waals surface area contributed by atoms with Gasteiger partial charge in [-0.15, -0.1) is 24.0 Å². The molecule has 0 aromatic heterocycles. The second-order valence-corrected chi connectivity index (χ2v) is 7.66. The molecule has 1 fully saturated rings. The number of guanidine groups is 1. The molecule has 0 amide bonds. The van der Waals surface area contributed by atoms with E-state index in [2.05, 4.69) is 39.7 Å². The maximum Gasteiger partial charge on any atom is 0.190 e. The molecule has 1 aromatic carbocycles. The van der Waals surface area contributed by atoms with Crippen LogP contribution in [0.4, 0.5) is 0 Å². The number of nitrogens with zero attached hydrogens (tertiary/aromatic N) is 2. The van der Waals surface area contributed by atoms with E-state index in [4.69, 9.17) is 21.1 Å². The third kappa shape index (κ3) is 9.38. The third-order valence-corrected chi connectivity index (χ3v) is 5.38. The van der Waals surface area contributed by atoms with Crippen LogP contribution < -0.4 is 10.6 Å². The van der Waals surface area contributed by atoms with Crippen molar-refractivity contribution in [1.82, 2.24) is 15.5 Å². The summed E-state index contributed by atoms with van der Waals surface area (Å²) in [5, 5.41) is 7.67. The topological polar surface area (TPSA) is 58.1 Å². The lowest BCUT2D eigenvalue weighted by atomic mass is 9.85. The van der Waals surface area contributed by atoms with E-state index in [0.717, 1.165) is 43.6 Å². The molecule has 29 heavy (non-hydrogen) atoms. The van der Waals surface area contributed by atoms with Crippen LogP contribution in [-0.2, 0) is 9.47 Å². The lowest BCUT2D eigenvalue weighted by Gasteiger charge is -2.40. The van der Waals surface area contributed by atoms with Gasteiger partial charge in [-0.1, -0.05) is 23.7 Å². The highest BCUT2D eigenvalue weighted by Gasteiger charge is 2.30. The van der Waals surface area contributed by atoms with E-state index in [1.807, 2.05) is 19.2 Å². The molecule has 8 heteroatoms. The van der Waals surface area contributed by atoms with Crippen LogP contribution in [0.25, 0.3) is 0 Å². The normalized spacial score (nSPS) is 20.2. The molecule has 0 saturated carbocycles. The summed E-state index contributed by atoms with van der Waals surface area (Å²) >= 11 is 6.24. The molecule has 0 bridgehead atoms. The van der Waals surface area contributed by atoms with Gasteiger partial charge < -0.3 is 20.1 Å². The first-order valence-corrected chi connectivity index (χ1v) is 10.5. The number of rotatable bonds is 10. The van der Waals surface area contributed by atoms with Gasteiger partial charge in [-0.2, -0.15) is 0 Å². The maximum absolute atomic E-state index is 6.24. The second-order valence-electron chi connectivity index (χ2n) is 7.22. The summed E-state index contributed by atoms with van der Waals surface area (Å²) in [6.45, 7) is 4.83. The van der Waals surface area contributed by atoms with Crippen molar-refractivity contribution in [2.75, 3.05) is 60.7 Å². The molecular formula is C21H36ClIN4O2. The molecule has 1 aliphatic rings. The first-order chi connectivity index (χ1) is 13.7. The zero-order valence-electron chi connectivity index (χ0n) is 17.8. The van der Waals surface area contributed by atoms with Gasteiger partial charge in [0.2, 0.25) is 0 Å². The van der Waals surface area contributed by atoms with Crippen molar-refractivity contribution < 1.29 is 9.47 Å². The van der Waals surface area contributed by atoms with E-state index in [1.54, 1.807) is 7.11 Å². The van der Waals surface area contributed by atoms with Gasteiger partial charge in [-0.25, -0.2) is 0 Å². The van der Waals surface area contributed by atoms with Gasteiger partial charge in [0, 0.05) is 44.9 Å². The Balaban J connectivity index is 0.00000420. The fraction of sp³-hybridized carbons (Fsp3) is 0.667. The summed E-state index contributed by atoms with van der Waals surface area (Å²) < 4.78 is 10.5. The molecule has 0 spiro atoms. The molecule has 0 aliphatic carbocycles. The fourth-order valence-corrected chi connectivity index (χ4v) is 3.96. The van der Waals surface area contributed by atoms with E-state index in [9.17, 15) is 0 Å². The van der Waals surface area contributed by atoms with Crippen molar-refractivity contribution in [3.63, 3.8) is 0 Å². The predicted octanol–water partition coefficient (Wildman–Crippen LogP) is 3.56. The molecule has 2 rings (SSSR count). The first kappa shape index (κ1) is 26.4. The lowest BCUT2D eigenvalue weighted by Crippen LogP contribution is -2.45. The summed E-state index contributed by atoms with van der Waals surface area (Å²) in [6, 6.07) is 8.62. The monoisotopic (exact) mass is 538 g/mol. The number of nitrogens with one attached hydrogen (secondary N) is 2. The Bertz CT molecular complexity index is 606. The highest BCUT2D eigenvalue weighted by atomic mass is 127. The Labute approximate surface area is 197 Å². The van der Waals surface area contributed by atoms with Crippen LogP contribution in [0.3, 0.4) is 0 Å². The Hall–Kier alpha value is -0.610. The number of piperidine rings is 1. The van der Waals surface area contributed by atoms with E-state index in [-0.39, 0.29) is 24.0 Å². The molecule has 6 nitrogen and oxygen atoms in total. The minimum atomic E-state index is 0. The predicted molar refractivity (Wildman–Crippen MR) is 132 cm³/mol. The average Bonchev–Trinajstić information content (AvgIpc) is 2.69. The van der Waals surface area contributed by atoms with E-state index in [0.29, 0.717) is 25.2 Å². The molecule has 1 aromatic rings. The number of aliphatic imine (C=N–C) groups is 1. The Morgan fingerprint density at radius 2 is 2.10 bits per heavy atom. The van der Waals surface area contributed by atoms with Gasteiger partial charge in [0.05, 0.1) is 13.2 Å². The van der Waals surface area contributed by atoms with Crippen LogP contribution in [-0.4, -0.2) is 71.5 Å². The number of methoxy groups -OCH3 is 1. The van der Waals surface area contributed by atoms with Crippen LogP contribution in [0.15, 0.2) is 29.3 Å². The number of hydrogen-bond acceptors (Lipinski definition) is 4. The second kappa shape index (κ2) is 15.2. The summed E-state index contributed by atoms with van der Waals surface area (Å²) in [4.78, 5) is 6.79. The van der Waals surface area contributed by atoms with Crippen molar-refractivity contribution in [3.05, 3.63) is 34.9 Å². The molecular weight excluding hydrogens is 503 g/mol. The summed E-state index contributed by atoms with van der Waals surface area (Å²) in [5.41, 5.74) is 1.29. The Kier molecular flexibility index (Phi) is 13.9. The smallest absolute Gasteiger partial charge is 0.190 e. The van der Waals surface area contributed by atoms with Crippen LogP contribution in [0.5, 0.6) is 0 Å². The molecule has 2 unspecified atom stereocenters. The number of hydrogen-bond donors (Lipinski definition) is 2. The van der Waals surface area contributed by atoms with Gasteiger partial charge >= 0.3 is 0 Å². The number of likely N-dealkylation sites (tertiary alicyclic amines) is 1. The Morgan fingerprint density at radius 1 is 1.28 bits per heavy atom. The van der Waals surface area contributed by atoms with E-state index < -0.39 is 0 Å². The minimum Gasteiger partial charge on any atom is -0.382 e. The summed E-state index contributed by atoms with van der Waals surface area (Å²) in [5.74, 6) is 1.35. The molecule has 0 radical (unpaired) electrons. The van der Waals surface area contributed by atoms with Crippen LogP contribution in [0.2, 0.25) is 5.02 Å². The molecule has 2 N–H and O–H groups in total. The largest absolute Gasteiger partial charge is 0.382 e. The highest BCUT2D eigenvalue weighted by Crippen LogP contribution is 2.35. The van der Waals surface area contributed by atoms with Crippen molar-refractivity contribution >= 4 is 41.5 Å². The van der Waals surface area contributed by atoms with Gasteiger partial charge in [0.15, 0.2) is 5.96 Å². The molecule has 1 heterocycles. The molecule has 166 valence electrons. The number of halogens is 2. The summed E-state index contributed by atoms with van der Waals surface area (Å²) in [7, 11) is 5.70. The summed E-state index contributed by atoms with van der Waals surface area (Å²) in [6.07, 6.45) is 3.34. The van der Waals surface area contributed by atoms with Crippen molar-refractivity contribution in [2.45, 2.75) is 25.3 Å². The number of benzene rings is 1. The first-order valence-electron chi connectivity index (χ1n) is 10.1. The molecule has 1 aliphatic heterocycles. The zero-order valence-corrected chi connectivity index (χ0v) is 20.9. The van der Waals surface area contributed by atoms with Crippen LogP contribution in [0.1, 0.15) is 30.9 Å². The SMILES string of the molecule is CN=C(NCCCOCCOC)NCC1CCCN(C)C1c1cccc(Cl)c1.I. The quantitative estimate of drug-likeness (QED) is 0.207. The van der Waals surface area contributed by atoms with Crippen molar-refractivity contribution in [2.24, 2.45) is 10.9 Å². The van der Waals surface area contributed by atoms with Gasteiger partial charge in [0.1, 0.15) is 0 Å². The maximum atomic E-state index is 6.24. The van der Waals surface area contributed by atoms with Crippen LogP contribution >= 0.6 is 35.6 Å². The molecule has 2 atom stereocenters. The van der Waals surface area contributed by atoms with E-state index >= 15 is 0 Å². The minimum absolute atomic E-state index is 0.